The third-order valence-corrected chi connectivity index (χ3v) is 8.29. The predicted octanol–water partition coefficient (Wildman–Crippen LogP) is 3.11. The molecule has 1 fully saturated rings. The number of rotatable bonds is 6. The number of halogens is 1. The molecule has 2 aliphatic heterocycles. The Balaban J connectivity index is 1.70. The van der Waals surface area contributed by atoms with Crippen molar-refractivity contribution in [3.05, 3.63) is 99.7 Å². The number of fused-ring (bicyclic) bond motifs is 1. The van der Waals surface area contributed by atoms with Crippen LogP contribution in [0.4, 0.5) is 11.4 Å². The van der Waals surface area contributed by atoms with Crippen LogP contribution in [0.25, 0.3) is 6.08 Å². The van der Waals surface area contributed by atoms with E-state index in [9.17, 15) is 19.7 Å². The van der Waals surface area contributed by atoms with Crippen molar-refractivity contribution in [3.8, 4) is 0 Å². The van der Waals surface area contributed by atoms with Crippen LogP contribution in [0.2, 0.25) is 5.02 Å². The number of anilines is 1. The van der Waals surface area contributed by atoms with E-state index < -0.39 is 16.9 Å². The van der Waals surface area contributed by atoms with Gasteiger partial charge in [0.2, 0.25) is 0 Å². The molecule has 2 aromatic carbocycles. The molecule has 5 rings (SSSR count). The normalized spacial score (nSPS) is 17.9. The summed E-state index contributed by atoms with van der Waals surface area (Å²) < 4.78 is 7.18. The lowest BCUT2D eigenvalue weighted by Gasteiger charge is -2.34. The second-order valence-corrected chi connectivity index (χ2v) is 11.1. The van der Waals surface area contributed by atoms with Crippen molar-refractivity contribution in [2.24, 2.45) is 4.99 Å². The predicted molar refractivity (Wildman–Crippen MR) is 155 cm³/mol. The zero-order valence-corrected chi connectivity index (χ0v) is 23.9. The van der Waals surface area contributed by atoms with E-state index in [0.29, 0.717) is 31.2 Å². The van der Waals surface area contributed by atoms with E-state index in [1.54, 1.807) is 50.3 Å². The number of allylic oxidation sites excluding steroid dienone is 1. The fourth-order valence-corrected chi connectivity index (χ4v) is 6.16. The molecule has 0 radical (unpaired) electrons. The minimum absolute atomic E-state index is 0.0589. The molecule has 40 heavy (non-hydrogen) atoms. The topological polar surface area (TPSA) is 110 Å². The smallest absolute Gasteiger partial charge is 0.338 e. The van der Waals surface area contributed by atoms with Gasteiger partial charge in [-0.15, -0.1) is 0 Å². The number of hydrogen-bond acceptors (Lipinski definition) is 9. The fourth-order valence-electron chi connectivity index (χ4n) is 5.00. The van der Waals surface area contributed by atoms with E-state index in [4.69, 9.17) is 16.3 Å². The molecular weight excluding hydrogens is 554 g/mol. The molecule has 1 saturated heterocycles. The van der Waals surface area contributed by atoms with Crippen LogP contribution in [-0.2, 0) is 9.53 Å². The van der Waals surface area contributed by atoms with Gasteiger partial charge in [-0.3, -0.25) is 19.5 Å². The first-order valence-electron chi connectivity index (χ1n) is 12.8. The van der Waals surface area contributed by atoms with E-state index in [-0.39, 0.29) is 23.4 Å². The number of benzene rings is 2. The second kappa shape index (κ2) is 11.4. The summed E-state index contributed by atoms with van der Waals surface area (Å²) in [6.07, 6.45) is 1.69. The molecule has 10 nitrogen and oxygen atoms in total. The van der Waals surface area contributed by atoms with Crippen LogP contribution < -0.4 is 19.8 Å². The van der Waals surface area contributed by atoms with E-state index in [1.807, 2.05) is 0 Å². The molecule has 0 amide bonds. The number of non-ortho nitro benzene ring substituents is 1. The Morgan fingerprint density at radius 3 is 2.55 bits per heavy atom. The molecule has 2 aliphatic rings. The van der Waals surface area contributed by atoms with Crippen LogP contribution in [-0.4, -0.2) is 60.2 Å². The van der Waals surface area contributed by atoms with Gasteiger partial charge in [-0.05, 0) is 50.7 Å². The third-order valence-electron chi connectivity index (χ3n) is 7.06. The van der Waals surface area contributed by atoms with Crippen molar-refractivity contribution >= 4 is 46.4 Å². The van der Waals surface area contributed by atoms with Gasteiger partial charge >= 0.3 is 5.97 Å². The standard InChI is InChI=1S/C28H28ClN5O5S/c1-4-39-27(36)24-17(2)30-28-33(25(24)18-5-7-20(29)8-6-18)26(35)23(40-28)16-19-15-21(34(37)38)9-10-22(19)32-13-11-31(3)12-14-32/h5-10,15-16,25H,4,11-14H2,1-3H3/b23-16+/t25-/m0/s1. The highest BCUT2D eigenvalue weighted by atomic mass is 35.5. The van der Waals surface area contributed by atoms with Gasteiger partial charge < -0.3 is 14.5 Å². The van der Waals surface area contributed by atoms with Gasteiger partial charge in [-0.1, -0.05) is 35.1 Å². The van der Waals surface area contributed by atoms with Crippen LogP contribution in [0.15, 0.2) is 63.5 Å². The molecule has 1 atom stereocenters. The lowest BCUT2D eigenvalue weighted by atomic mass is 9.96. The Morgan fingerprint density at radius 1 is 1.20 bits per heavy atom. The number of carbonyl (C=O) groups is 1. The molecule has 0 unspecified atom stereocenters. The Morgan fingerprint density at radius 2 is 1.90 bits per heavy atom. The number of hydrogen-bond donors (Lipinski definition) is 0. The van der Waals surface area contributed by atoms with Crippen molar-refractivity contribution < 1.29 is 14.5 Å². The van der Waals surface area contributed by atoms with Crippen molar-refractivity contribution in [3.63, 3.8) is 0 Å². The first-order chi connectivity index (χ1) is 19.2. The zero-order valence-electron chi connectivity index (χ0n) is 22.3. The number of carbonyl (C=O) groups excluding carboxylic acids is 1. The van der Waals surface area contributed by atoms with E-state index in [2.05, 4.69) is 21.8 Å². The van der Waals surface area contributed by atoms with Crippen molar-refractivity contribution in [1.82, 2.24) is 9.47 Å². The van der Waals surface area contributed by atoms with E-state index >= 15 is 0 Å². The van der Waals surface area contributed by atoms with Crippen LogP contribution >= 0.6 is 22.9 Å². The van der Waals surface area contributed by atoms with Gasteiger partial charge in [-0.25, -0.2) is 9.79 Å². The Hall–Kier alpha value is -3.80. The molecular formula is C28H28ClN5O5S. The Kier molecular flexibility index (Phi) is 7.88. The minimum Gasteiger partial charge on any atom is -0.463 e. The third kappa shape index (κ3) is 5.32. The highest BCUT2D eigenvalue weighted by molar-refractivity contribution is 7.07. The van der Waals surface area contributed by atoms with Crippen LogP contribution in [0.1, 0.15) is 31.0 Å². The largest absolute Gasteiger partial charge is 0.463 e. The number of piperazine rings is 1. The summed E-state index contributed by atoms with van der Waals surface area (Å²) in [6.45, 7) is 6.85. The molecule has 0 N–H and O–H groups in total. The number of thiazole rings is 1. The first-order valence-corrected chi connectivity index (χ1v) is 14.0. The van der Waals surface area contributed by atoms with Crippen molar-refractivity contribution in [2.75, 3.05) is 44.7 Å². The van der Waals surface area contributed by atoms with Gasteiger partial charge in [0.1, 0.15) is 0 Å². The number of ether oxygens (including phenoxy) is 1. The van der Waals surface area contributed by atoms with Gasteiger partial charge in [0.05, 0.1) is 33.4 Å². The number of nitro benzene ring substituents is 1. The van der Waals surface area contributed by atoms with Crippen molar-refractivity contribution in [2.45, 2.75) is 19.9 Å². The molecule has 3 heterocycles. The summed E-state index contributed by atoms with van der Waals surface area (Å²) in [5, 5.41) is 12.1. The van der Waals surface area contributed by atoms with Gasteiger partial charge in [0.15, 0.2) is 4.80 Å². The van der Waals surface area contributed by atoms with Crippen LogP contribution in [0, 0.1) is 10.1 Å². The Bertz CT molecular complexity index is 1690. The number of aromatic nitrogens is 1. The molecule has 1 aromatic heterocycles. The molecule has 0 aliphatic carbocycles. The van der Waals surface area contributed by atoms with Crippen LogP contribution in [0.3, 0.4) is 0 Å². The number of nitrogens with zero attached hydrogens (tertiary/aromatic N) is 5. The van der Waals surface area contributed by atoms with Gasteiger partial charge in [0, 0.05) is 54.6 Å². The molecule has 0 saturated carbocycles. The molecule has 12 heteroatoms. The summed E-state index contributed by atoms with van der Waals surface area (Å²) in [7, 11) is 2.05. The minimum atomic E-state index is -0.767. The average molecular weight is 582 g/mol. The highest BCUT2D eigenvalue weighted by Crippen LogP contribution is 2.32. The summed E-state index contributed by atoms with van der Waals surface area (Å²) in [5.74, 6) is -0.547. The summed E-state index contributed by atoms with van der Waals surface area (Å²) in [5.41, 5.74) is 2.40. The number of likely N-dealkylation sites (N-methyl/N-ethyl adjacent to an activating group) is 1. The average Bonchev–Trinajstić information content (AvgIpc) is 3.23. The zero-order chi connectivity index (χ0) is 28.6. The lowest BCUT2D eigenvalue weighted by Crippen LogP contribution is -2.44. The number of nitro groups is 1. The fraction of sp³-hybridized carbons (Fsp3) is 0.321. The maximum atomic E-state index is 14.0. The monoisotopic (exact) mass is 581 g/mol. The first kappa shape index (κ1) is 27.8. The SMILES string of the molecule is CCOC(=O)C1=C(C)N=c2s/c(=C/c3cc([N+](=O)[O-])ccc3N3CCN(C)CC3)c(=O)n2[C@H]1c1ccc(Cl)cc1. The molecule has 3 aromatic rings. The summed E-state index contributed by atoms with van der Waals surface area (Å²) >= 11 is 7.31. The van der Waals surface area contributed by atoms with E-state index in [0.717, 1.165) is 31.9 Å². The maximum Gasteiger partial charge on any atom is 0.338 e. The molecule has 208 valence electrons. The van der Waals surface area contributed by atoms with Crippen molar-refractivity contribution in [1.29, 1.82) is 0 Å². The maximum absolute atomic E-state index is 14.0. The summed E-state index contributed by atoms with van der Waals surface area (Å²) in [6, 6.07) is 10.9. The number of esters is 1. The molecule has 0 bridgehead atoms. The van der Waals surface area contributed by atoms with Gasteiger partial charge in [0.25, 0.3) is 11.2 Å². The summed E-state index contributed by atoms with van der Waals surface area (Å²) in [4.78, 5) is 47.6. The Labute approximate surface area is 239 Å². The quantitative estimate of drug-likeness (QED) is 0.250. The lowest BCUT2D eigenvalue weighted by molar-refractivity contribution is -0.384. The second-order valence-electron chi connectivity index (χ2n) is 9.64. The van der Waals surface area contributed by atoms with Crippen LogP contribution in [0.5, 0.6) is 0 Å². The van der Waals surface area contributed by atoms with Gasteiger partial charge in [-0.2, -0.15) is 0 Å². The highest BCUT2D eigenvalue weighted by Gasteiger charge is 2.33. The van der Waals surface area contributed by atoms with E-state index in [1.165, 1.54) is 28.0 Å². The molecule has 0 spiro atoms.